The highest BCUT2D eigenvalue weighted by atomic mass is 16.5. The first kappa shape index (κ1) is 16.7. The summed E-state index contributed by atoms with van der Waals surface area (Å²) in [5, 5.41) is 6.79. The Hall–Kier alpha value is -3.15. The molecule has 25 heavy (non-hydrogen) atoms. The average molecular weight is 336 g/mol. The lowest BCUT2D eigenvalue weighted by Gasteiger charge is -2.11. The summed E-state index contributed by atoms with van der Waals surface area (Å²) in [4.78, 5) is 17.8. The third-order valence-corrected chi connectivity index (χ3v) is 3.76. The number of nitrogens with one attached hydrogen (secondary N) is 1. The van der Waals surface area contributed by atoms with Gasteiger partial charge in [-0.05, 0) is 29.3 Å². The van der Waals surface area contributed by atoms with Gasteiger partial charge in [-0.1, -0.05) is 24.3 Å². The molecule has 6 heteroatoms. The number of carbonyl (C=O) groups excluding carboxylic acids is 1. The van der Waals surface area contributed by atoms with Gasteiger partial charge in [0.2, 0.25) is 5.91 Å². The second-order valence-electron chi connectivity index (χ2n) is 5.92. The first-order valence-electron chi connectivity index (χ1n) is 7.98. The SMILES string of the molecule is CN(C)C(=O)Cc1cccc(COc2ccc(-c3ccn[nH]3)nc2)c1. The van der Waals surface area contributed by atoms with Gasteiger partial charge in [-0.25, -0.2) is 0 Å². The van der Waals surface area contributed by atoms with Crippen LogP contribution in [0.3, 0.4) is 0 Å². The third-order valence-electron chi connectivity index (χ3n) is 3.76. The van der Waals surface area contributed by atoms with Crippen molar-refractivity contribution in [1.29, 1.82) is 0 Å². The largest absolute Gasteiger partial charge is 0.487 e. The fourth-order valence-corrected chi connectivity index (χ4v) is 2.35. The van der Waals surface area contributed by atoms with Gasteiger partial charge in [0.15, 0.2) is 0 Å². The van der Waals surface area contributed by atoms with E-state index in [2.05, 4.69) is 15.2 Å². The van der Waals surface area contributed by atoms with Crippen LogP contribution in [0.15, 0.2) is 54.9 Å². The van der Waals surface area contributed by atoms with Crippen LogP contribution in [0.25, 0.3) is 11.4 Å². The summed E-state index contributed by atoms with van der Waals surface area (Å²) in [6, 6.07) is 13.5. The zero-order valence-electron chi connectivity index (χ0n) is 14.3. The van der Waals surface area contributed by atoms with E-state index in [1.165, 1.54) is 0 Å². The minimum Gasteiger partial charge on any atom is -0.487 e. The molecule has 0 radical (unpaired) electrons. The van der Waals surface area contributed by atoms with Gasteiger partial charge in [0, 0.05) is 20.3 Å². The molecule has 2 aromatic heterocycles. The van der Waals surface area contributed by atoms with Crippen molar-refractivity contribution in [3.8, 4) is 17.1 Å². The summed E-state index contributed by atoms with van der Waals surface area (Å²) in [5.74, 6) is 0.773. The zero-order valence-corrected chi connectivity index (χ0v) is 14.3. The van der Waals surface area contributed by atoms with E-state index < -0.39 is 0 Å². The first-order valence-corrected chi connectivity index (χ1v) is 7.98. The van der Waals surface area contributed by atoms with Gasteiger partial charge >= 0.3 is 0 Å². The van der Waals surface area contributed by atoms with Crippen molar-refractivity contribution in [2.24, 2.45) is 0 Å². The van der Waals surface area contributed by atoms with E-state index in [0.717, 1.165) is 22.5 Å². The molecule has 0 saturated heterocycles. The molecular weight excluding hydrogens is 316 g/mol. The summed E-state index contributed by atoms with van der Waals surface area (Å²) in [7, 11) is 3.52. The van der Waals surface area contributed by atoms with E-state index in [1.54, 1.807) is 31.4 Å². The number of likely N-dealkylation sites (N-methyl/N-ethyl adjacent to an activating group) is 1. The molecule has 0 unspecified atom stereocenters. The van der Waals surface area contributed by atoms with Crippen LogP contribution >= 0.6 is 0 Å². The number of nitrogens with zero attached hydrogens (tertiary/aromatic N) is 3. The van der Waals surface area contributed by atoms with Crippen molar-refractivity contribution in [1.82, 2.24) is 20.1 Å². The maximum atomic E-state index is 11.8. The molecule has 0 aliphatic heterocycles. The second-order valence-corrected chi connectivity index (χ2v) is 5.92. The predicted molar refractivity (Wildman–Crippen MR) is 95.0 cm³/mol. The van der Waals surface area contributed by atoms with Gasteiger partial charge < -0.3 is 9.64 Å². The van der Waals surface area contributed by atoms with E-state index in [1.807, 2.05) is 42.5 Å². The highest BCUT2D eigenvalue weighted by molar-refractivity contribution is 5.78. The fraction of sp³-hybridized carbons (Fsp3) is 0.211. The summed E-state index contributed by atoms with van der Waals surface area (Å²) in [6.45, 7) is 0.426. The third kappa shape index (κ3) is 4.44. The van der Waals surface area contributed by atoms with E-state index in [9.17, 15) is 4.79 Å². The maximum Gasteiger partial charge on any atom is 0.226 e. The molecule has 1 N–H and O–H groups in total. The molecule has 0 saturated carbocycles. The molecule has 0 aliphatic carbocycles. The summed E-state index contributed by atoms with van der Waals surface area (Å²) in [5.41, 5.74) is 3.67. The Morgan fingerprint density at radius 3 is 2.68 bits per heavy atom. The second kappa shape index (κ2) is 7.61. The van der Waals surface area contributed by atoms with E-state index >= 15 is 0 Å². The van der Waals surface area contributed by atoms with Crippen molar-refractivity contribution in [2.75, 3.05) is 14.1 Å². The summed E-state index contributed by atoms with van der Waals surface area (Å²) < 4.78 is 5.79. The highest BCUT2D eigenvalue weighted by Crippen LogP contribution is 2.18. The Bertz CT molecular complexity index is 827. The summed E-state index contributed by atoms with van der Waals surface area (Å²) >= 11 is 0. The molecular formula is C19H20N4O2. The Kier molecular flexibility index (Phi) is 5.09. The fourth-order valence-electron chi connectivity index (χ4n) is 2.35. The quantitative estimate of drug-likeness (QED) is 0.751. The number of pyridine rings is 1. The van der Waals surface area contributed by atoms with E-state index in [4.69, 9.17) is 4.74 Å². The van der Waals surface area contributed by atoms with Crippen molar-refractivity contribution < 1.29 is 9.53 Å². The number of benzene rings is 1. The Morgan fingerprint density at radius 1 is 1.16 bits per heavy atom. The van der Waals surface area contributed by atoms with Crippen molar-refractivity contribution in [2.45, 2.75) is 13.0 Å². The lowest BCUT2D eigenvalue weighted by atomic mass is 10.1. The molecule has 1 amide bonds. The molecule has 0 aliphatic rings. The Balaban J connectivity index is 1.61. The number of ether oxygens (including phenoxy) is 1. The first-order chi connectivity index (χ1) is 12.1. The van der Waals surface area contributed by atoms with Crippen molar-refractivity contribution in [3.63, 3.8) is 0 Å². The van der Waals surface area contributed by atoms with Gasteiger partial charge in [0.25, 0.3) is 0 Å². The number of hydrogen-bond donors (Lipinski definition) is 1. The van der Waals surface area contributed by atoms with Crippen LogP contribution in [-0.2, 0) is 17.8 Å². The van der Waals surface area contributed by atoms with E-state index in [0.29, 0.717) is 18.8 Å². The minimum absolute atomic E-state index is 0.0802. The molecule has 2 heterocycles. The molecule has 3 rings (SSSR count). The molecule has 1 aromatic carbocycles. The van der Waals surface area contributed by atoms with Crippen LogP contribution in [0.2, 0.25) is 0 Å². The van der Waals surface area contributed by atoms with Crippen LogP contribution in [-0.4, -0.2) is 40.1 Å². The van der Waals surface area contributed by atoms with Gasteiger partial charge in [0.1, 0.15) is 12.4 Å². The number of aromatic amines is 1. The van der Waals surface area contributed by atoms with Gasteiger partial charge in [-0.2, -0.15) is 5.10 Å². The number of hydrogen-bond acceptors (Lipinski definition) is 4. The number of rotatable bonds is 6. The van der Waals surface area contributed by atoms with Gasteiger partial charge in [0.05, 0.1) is 24.0 Å². The highest BCUT2D eigenvalue weighted by Gasteiger charge is 2.06. The molecule has 0 spiro atoms. The molecule has 3 aromatic rings. The topological polar surface area (TPSA) is 71.1 Å². The van der Waals surface area contributed by atoms with Gasteiger partial charge in [-0.3, -0.25) is 14.9 Å². The molecule has 0 fully saturated rings. The number of aromatic nitrogens is 3. The lowest BCUT2D eigenvalue weighted by molar-refractivity contribution is -0.127. The minimum atomic E-state index is 0.0802. The normalized spacial score (nSPS) is 10.5. The van der Waals surface area contributed by atoms with Crippen LogP contribution in [0.4, 0.5) is 0 Å². The molecule has 128 valence electrons. The van der Waals surface area contributed by atoms with Crippen LogP contribution < -0.4 is 4.74 Å². The van der Waals surface area contributed by atoms with Crippen molar-refractivity contribution >= 4 is 5.91 Å². The summed E-state index contributed by atoms with van der Waals surface area (Å²) in [6.07, 6.45) is 3.77. The van der Waals surface area contributed by atoms with Crippen LogP contribution in [0.5, 0.6) is 5.75 Å². The Labute approximate surface area is 146 Å². The number of amides is 1. The molecule has 6 nitrogen and oxygen atoms in total. The Morgan fingerprint density at radius 2 is 2.00 bits per heavy atom. The number of carbonyl (C=O) groups is 1. The zero-order chi connectivity index (χ0) is 17.6. The van der Waals surface area contributed by atoms with Crippen LogP contribution in [0, 0.1) is 0 Å². The predicted octanol–water partition coefficient (Wildman–Crippen LogP) is 2.68. The maximum absolute atomic E-state index is 11.8. The number of H-pyrrole nitrogens is 1. The standard InChI is InChI=1S/C19H20N4O2/c1-23(2)19(24)11-14-4-3-5-15(10-14)13-25-16-6-7-17(20-12-16)18-8-9-21-22-18/h3-10,12H,11,13H2,1-2H3,(H,21,22). The van der Waals surface area contributed by atoms with Crippen LogP contribution in [0.1, 0.15) is 11.1 Å². The van der Waals surface area contributed by atoms with Crippen molar-refractivity contribution in [3.05, 3.63) is 66.0 Å². The average Bonchev–Trinajstić information content (AvgIpc) is 3.15. The monoisotopic (exact) mass is 336 g/mol. The van der Waals surface area contributed by atoms with E-state index in [-0.39, 0.29) is 5.91 Å². The molecule has 0 atom stereocenters. The lowest BCUT2D eigenvalue weighted by Crippen LogP contribution is -2.23. The molecule has 0 bridgehead atoms. The smallest absolute Gasteiger partial charge is 0.226 e. The van der Waals surface area contributed by atoms with Gasteiger partial charge in [-0.15, -0.1) is 0 Å².